The summed E-state index contributed by atoms with van der Waals surface area (Å²) >= 11 is 0. The van der Waals surface area contributed by atoms with E-state index in [0.29, 0.717) is 11.8 Å². The Morgan fingerprint density at radius 2 is 2.30 bits per heavy atom. The molecule has 1 aliphatic rings. The van der Waals surface area contributed by atoms with E-state index in [1.807, 2.05) is 24.7 Å². The predicted octanol–water partition coefficient (Wildman–Crippen LogP) is 2.28. The van der Waals surface area contributed by atoms with Crippen LogP contribution in [0.15, 0.2) is 16.9 Å². The van der Waals surface area contributed by atoms with Gasteiger partial charge in [-0.05, 0) is 20.3 Å². The molecule has 3 rings (SSSR count). The van der Waals surface area contributed by atoms with Crippen molar-refractivity contribution in [3.8, 4) is 0 Å². The van der Waals surface area contributed by atoms with Crippen molar-refractivity contribution >= 4 is 0 Å². The lowest BCUT2D eigenvalue weighted by molar-refractivity contribution is 0.0895. The number of rotatable bonds is 7. The Morgan fingerprint density at radius 3 is 3.00 bits per heavy atom. The Balaban J connectivity index is 1.58. The first-order valence-corrected chi connectivity index (χ1v) is 8.41. The minimum absolute atomic E-state index is 0.0439. The molecule has 3 atom stereocenters. The third kappa shape index (κ3) is 3.61. The van der Waals surface area contributed by atoms with Gasteiger partial charge in [0.25, 0.3) is 0 Å². The number of hydrogen-bond donors (Lipinski definition) is 1. The van der Waals surface area contributed by atoms with Crippen molar-refractivity contribution in [2.24, 2.45) is 5.92 Å². The molecule has 0 aromatic carbocycles. The molecule has 2 aromatic heterocycles. The van der Waals surface area contributed by atoms with Crippen LogP contribution in [0.1, 0.15) is 56.6 Å². The fraction of sp³-hybridized carbons (Fsp3) is 0.688. The number of aryl methyl sites for hydroxylation is 2. The van der Waals surface area contributed by atoms with Gasteiger partial charge in [-0.3, -0.25) is 4.68 Å². The molecule has 0 saturated carbocycles. The number of hydrogen-bond acceptors (Lipinski definition) is 6. The molecule has 0 amide bonds. The van der Waals surface area contributed by atoms with Gasteiger partial charge in [-0.2, -0.15) is 10.1 Å². The fourth-order valence-corrected chi connectivity index (χ4v) is 2.91. The third-order valence-electron chi connectivity index (χ3n) is 4.38. The summed E-state index contributed by atoms with van der Waals surface area (Å²) in [5, 5.41) is 11.8. The summed E-state index contributed by atoms with van der Waals surface area (Å²) in [5.74, 6) is 1.83. The molecular formula is C16H25N5O2. The maximum Gasteiger partial charge on any atom is 0.243 e. The van der Waals surface area contributed by atoms with Gasteiger partial charge in [0.05, 0.1) is 18.3 Å². The smallest absolute Gasteiger partial charge is 0.243 e. The predicted molar refractivity (Wildman–Crippen MR) is 84.8 cm³/mol. The highest BCUT2D eigenvalue weighted by molar-refractivity contribution is 5.11. The van der Waals surface area contributed by atoms with Gasteiger partial charge in [0, 0.05) is 43.8 Å². The van der Waals surface area contributed by atoms with Gasteiger partial charge in [0.15, 0.2) is 5.82 Å². The standard InChI is InChI=1S/C16H25N5O2/c1-4-14-19-16(23-20-14)11(3)17-8-12-6-7-22-15(12)13-9-18-21(5-2)10-13/h9-12,15,17H,4-8H2,1-3H3/t11-,12-,15-/m0/s1. The average molecular weight is 319 g/mol. The summed E-state index contributed by atoms with van der Waals surface area (Å²) in [6, 6.07) is 0.0439. The molecule has 2 aromatic rings. The lowest BCUT2D eigenvalue weighted by Gasteiger charge is -2.19. The molecule has 0 aliphatic carbocycles. The highest BCUT2D eigenvalue weighted by Crippen LogP contribution is 2.34. The van der Waals surface area contributed by atoms with E-state index in [1.165, 1.54) is 0 Å². The minimum atomic E-state index is 0.0439. The molecule has 7 nitrogen and oxygen atoms in total. The normalized spacial score (nSPS) is 22.6. The van der Waals surface area contributed by atoms with Crippen LogP contribution in [0, 0.1) is 5.92 Å². The van der Waals surface area contributed by atoms with Crippen molar-refractivity contribution in [1.29, 1.82) is 0 Å². The van der Waals surface area contributed by atoms with Crippen LogP contribution in [0.4, 0.5) is 0 Å². The quantitative estimate of drug-likeness (QED) is 0.843. The van der Waals surface area contributed by atoms with E-state index in [2.05, 4.69) is 33.7 Å². The molecule has 0 radical (unpaired) electrons. The molecule has 0 unspecified atom stereocenters. The SMILES string of the molecule is CCc1noc([C@H](C)NC[C@@H]2CCO[C@@H]2c2cnn(CC)c2)n1. The van der Waals surface area contributed by atoms with E-state index < -0.39 is 0 Å². The van der Waals surface area contributed by atoms with Crippen LogP contribution in [0.5, 0.6) is 0 Å². The van der Waals surface area contributed by atoms with Crippen molar-refractivity contribution < 1.29 is 9.26 Å². The number of ether oxygens (including phenoxy) is 1. The third-order valence-corrected chi connectivity index (χ3v) is 4.38. The molecule has 1 fully saturated rings. The van der Waals surface area contributed by atoms with Crippen LogP contribution in [0.25, 0.3) is 0 Å². The van der Waals surface area contributed by atoms with E-state index in [4.69, 9.17) is 9.26 Å². The van der Waals surface area contributed by atoms with Gasteiger partial charge >= 0.3 is 0 Å². The van der Waals surface area contributed by atoms with E-state index in [-0.39, 0.29) is 12.1 Å². The Labute approximate surface area is 136 Å². The van der Waals surface area contributed by atoms with Gasteiger partial charge in [-0.25, -0.2) is 0 Å². The molecular weight excluding hydrogens is 294 g/mol. The van der Waals surface area contributed by atoms with Crippen molar-refractivity contribution in [2.45, 2.75) is 52.3 Å². The highest BCUT2D eigenvalue weighted by Gasteiger charge is 2.31. The topological polar surface area (TPSA) is 78.0 Å². The number of nitrogens with zero attached hydrogens (tertiary/aromatic N) is 4. The number of nitrogens with one attached hydrogen (secondary N) is 1. The zero-order valence-corrected chi connectivity index (χ0v) is 14.0. The molecule has 126 valence electrons. The summed E-state index contributed by atoms with van der Waals surface area (Å²) in [4.78, 5) is 4.38. The molecule has 0 spiro atoms. The van der Waals surface area contributed by atoms with Gasteiger partial charge in [-0.1, -0.05) is 12.1 Å². The van der Waals surface area contributed by atoms with Crippen molar-refractivity contribution in [3.63, 3.8) is 0 Å². The van der Waals surface area contributed by atoms with Crippen LogP contribution in [0.2, 0.25) is 0 Å². The second-order valence-corrected chi connectivity index (χ2v) is 6.00. The van der Waals surface area contributed by atoms with Crippen LogP contribution >= 0.6 is 0 Å². The van der Waals surface area contributed by atoms with E-state index >= 15 is 0 Å². The highest BCUT2D eigenvalue weighted by atomic mass is 16.5. The Morgan fingerprint density at radius 1 is 1.43 bits per heavy atom. The van der Waals surface area contributed by atoms with Gasteiger partial charge in [0.1, 0.15) is 0 Å². The van der Waals surface area contributed by atoms with Gasteiger partial charge in [0.2, 0.25) is 5.89 Å². The Bertz CT molecular complexity index is 624. The van der Waals surface area contributed by atoms with Gasteiger partial charge in [-0.15, -0.1) is 0 Å². The maximum absolute atomic E-state index is 5.92. The lowest BCUT2D eigenvalue weighted by Crippen LogP contribution is -2.27. The Hall–Kier alpha value is -1.73. The van der Waals surface area contributed by atoms with Crippen molar-refractivity contribution in [1.82, 2.24) is 25.2 Å². The van der Waals surface area contributed by atoms with Crippen LogP contribution in [-0.2, 0) is 17.7 Å². The summed E-state index contributed by atoms with van der Waals surface area (Å²) in [6.45, 7) is 8.68. The van der Waals surface area contributed by atoms with Crippen LogP contribution in [0.3, 0.4) is 0 Å². The summed E-state index contributed by atoms with van der Waals surface area (Å²) in [7, 11) is 0. The van der Waals surface area contributed by atoms with Gasteiger partial charge < -0.3 is 14.6 Å². The first kappa shape index (κ1) is 16.1. The Kier molecular flexibility index (Phi) is 5.07. The van der Waals surface area contributed by atoms with Crippen molar-refractivity contribution in [3.05, 3.63) is 29.7 Å². The van der Waals surface area contributed by atoms with E-state index in [1.54, 1.807) is 0 Å². The molecule has 1 aliphatic heterocycles. The summed E-state index contributed by atoms with van der Waals surface area (Å²) < 4.78 is 13.2. The van der Waals surface area contributed by atoms with Crippen molar-refractivity contribution in [2.75, 3.05) is 13.2 Å². The molecule has 3 heterocycles. The monoisotopic (exact) mass is 319 g/mol. The van der Waals surface area contributed by atoms with Crippen LogP contribution < -0.4 is 5.32 Å². The zero-order valence-electron chi connectivity index (χ0n) is 14.0. The zero-order chi connectivity index (χ0) is 16.2. The molecule has 1 saturated heterocycles. The second kappa shape index (κ2) is 7.23. The van der Waals surface area contributed by atoms with E-state index in [9.17, 15) is 0 Å². The van der Waals surface area contributed by atoms with Crippen LogP contribution in [-0.4, -0.2) is 33.1 Å². The first-order chi connectivity index (χ1) is 11.2. The number of aromatic nitrogens is 4. The van der Waals surface area contributed by atoms with E-state index in [0.717, 1.165) is 43.9 Å². The lowest BCUT2D eigenvalue weighted by atomic mass is 9.97. The molecule has 7 heteroatoms. The molecule has 1 N–H and O–H groups in total. The molecule has 0 bridgehead atoms. The fourth-order valence-electron chi connectivity index (χ4n) is 2.91. The summed E-state index contributed by atoms with van der Waals surface area (Å²) in [6.07, 6.45) is 5.95. The molecule has 23 heavy (non-hydrogen) atoms. The maximum atomic E-state index is 5.92. The first-order valence-electron chi connectivity index (χ1n) is 8.41. The average Bonchev–Trinajstić information content (AvgIpc) is 3.31. The largest absolute Gasteiger partial charge is 0.373 e. The minimum Gasteiger partial charge on any atom is -0.373 e. The second-order valence-electron chi connectivity index (χ2n) is 6.00. The summed E-state index contributed by atoms with van der Waals surface area (Å²) in [5.41, 5.74) is 1.16.